The number of aryl methyl sites for hydroxylation is 1. The van der Waals surface area contributed by atoms with E-state index in [2.05, 4.69) is 10.2 Å². The Bertz CT molecular complexity index is 509. The third-order valence-corrected chi connectivity index (χ3v) is 3.80. The molecule has 1 fully saturated rings. The molecule has 1 aliphatic heterocycles. The maximum atomic E-state index is 11.7. The summed E-state index contributed by atoms with van der Waals surface area (Å²) in [5, 5.41) is 16.2. The van der Waals surface area contributed by atoms with Gasteiger partial charge in [0.1, 0.15) is 0 Å². The second-order valence-corrected chi connectivity index (χ2v) is 4.99. The average Bonchev–Trinajstić information content (AvgIpc) is 2.97. The van der Waals surface area contributed by atoms with Crippen LogP contribution in [0.15, 0.2) is 0 Å². The molecule has 6 heteroatoms. The van der Waals surface area contributed by atoms with E-state index in [1.54, 1.807) is 4.90 Å². The molecule has 1 atom stereocenters. The molecule has 96 valence electrons. The van der Waals surface area contributed by atoms with E-state index in [0.29, 0.717) is 13.1 Å². The van der Waals surface area contributed by atoms with Crippen LogP contribution < -0.4 is 0 Å². The van der Waals surface area contributed by atoms with Gasteiger partial charge in [-0.1, -0.05) is 0 Å². The molecule has 0 saturated carbocycles. The van der Waals surface area contributed by atoms with E-state index >= 15 is 0 Å². The van der Waals surface area contributed by atoms with Crippen LogP contribution in [0.4, 0.5) is 0 Å². The maximum absolute atomic E-state index is 11.7. The molecule has 1 aromatic heterocycles. The Balaban J connectivity index is 1.73. The second-order valence-electron chi connectivity index (χ2n) is 4.99. The number of fused-ring (bicyclic) bond motifs is 1. The molecule has 2 N–H and O–H groups in total. The Hall–Kier alpha value is -1.85. The number of nitrogens with one attached hydrogen (secondary N) is 1. The highest BCUT2D eigenvalue weighted by Gasteiger charge is 2.35. The lowest BCUT2D eigenvalue weighted by molar-refractivity contribution is -0.141. The van der Waals surface area contributed by atoms with Crippen LogP contribution in [0.5, 0.6) is 0 Å². The molecule has 1 amide bonds. The Kier molecular flexibility index (Phi) is 2.57. The van der Waals surface area contributed by atoms with Gasteiger partial charge in [-0.25, -0.2) is 0 Å². The van der Waals surface area contributed by atoms with Crippen molar-refractivity contribution in [1.82, 2.24) is 15.1 Å². The molecule has 0 radical (unpaired) electrons. The van der Waals surface area contributed by atoms with Crippen LogP contribution in [0, 0.1) is 5.92 Å². The number of aromatic amines is 1. The van der Waals surface area contributed by atoms with Gasteiger partial charge in [-0.15, -0.1) is 0 Å². The van der Waals surface area contributed by atoms with Crippen molar-refractivity contribution in [1.29, 1.82) is 0 Å². The molecule has 1 aromatic rings. The number of hydrogen-bond donors (Lipinski definition) is 2. The Morgan fingerprint density at radius 1 is 1.50 bits per heavy atom. The van der Waals surface area contributed by atoms with Crippen LogP contribution in [0.2, 0.25) is 0 Å². The summed E-state index contributed by atoms with van der Waals surface area (Å²) < 4.78 is 0. The van der Waals surface area contributed by atoms with E-state index < -0.39 is 11.9 Å². The Labute approximate surface area is 104 Å². The molecule has 0 unspecified atom stereocenters. The second kappa shape index (κ2) is 4.12. The zero-order valence-corrected chi connectivity index (χ0v) is 9.98. The van der Waals surface area contributed by atoms with E-state index in [1.807, 2.05) is 0 Å². The van der Waals surface area contributed by atoms with Crippen molar-refractivity contribution < 1.29 is 14.7 Å². The SMILES string of the molecule is O=C(O)[C@H]1CC(=O)N(Cc2n[nH]c3c2CCC3)C1. The molecule has 0 aromatic carbocycles. The summed E-state index contributed by atoms with van der Waals surface area (Å²) in [6.45, 7) is 0.740. The maximum Gasteiger partial charge on any atom is 0.308 e. The summed E-state index contributed by atoms with van der Waals surface area (Å²) in [7, 11) is 0. The number of carbonyl (C=O) groups is 2. The zero-order valence-electron chi connectivity index (χ0n) is 9.98. The number of H-pyrrole nitrogens is 1. The minimum atomic E-state index is -0.891. The van der Waals surface area contributed by atoms with Gasteiger partial charge < -0.3 is 10.0 Å². The predicted octanol–water partition coefficient (Wildman–Crippen LogP) is 0.331. The van der Waals surface area contributed by atoms with Crippen LogP contribution in [-0.2, 0) is 29.0 Å². The number of carboxylic acid groups (broad SMARTS) is 1. The Morgan fingerprint density at radius 2 is 2.33 bits per heavy atom. The molecule has 2 aliphatic rings. The van der Waals surface area contributed by atoms with E-state index in [9.17, 15) is 9.59 Å². The number of aliphatic carboxylic acids is 1. The van der Waals surface area contributed by atoms with Crippen molar-refractivity contribution in [2.24, 2.45) is 5.92 Å². The number of nitrogens with zero attached hydrogens (tertiary/aromatic N) is 2. The highest BCUT2D eigenvalue weighted by Crippen LogP contribution is 2.26. The minimum absolute atomic E-state index is 0.0860. The summed E-state index contributed by atoms with van der Waals surface area (Å²) in [6.07, 6.45) is 3.27. The number of carbonyl (C=O) groups excluding carboxylic acids is 1. The van der Waals surface area contributed by atoms with Gasteiger partial charge >= 0.3 is 5.97 Å². The molecular weight excluding hydrogens is 234 g/mol. The fraction of sp³-hybridized carbons (Fsp3) is 0.583. The van der Waals surface area contributed by atoms with Gasteiger partial charge in [-0.2, -0.15) is 5.10 Å². The third-order valence-electron chi connectivity index (χ3n) is 3.80. The van der Waals surface area contributed by atoms with Gasteiger partial charge in [0.15, 0.2) is 0 Å². The van der Waals surface area contributed by atoms with Crippen molar-refractivity contribution in [2.45, 2.75) is 32.2 Å². The van der Waals surface area contributed by atoms with Crippen LogP contribution in [0.1, 0.15) is 29.8 Å². The molecule has 18 heavy (non-hydrogen) atoms. The zero-order chi connectivity index (χ0) is 12.7. The number of aromatic nitrogens is 2. The molecule has 1 aliphatic carbocycles. The first-order valence-corrected chi connectivity index (χ1v) is 6.20. The van der Waals surface area contributed by atoms with E-state index in [-0.39, 0.29) is 12.3 Å². The molecule has 6 nitrogen and oxygen atoms in total. The van der Waals surface area contributed by atoms with Crippen LogP contribution in [0.25, 0.3) is 0 Å². The summed E-state index contributed by atoms with van der Waals surface area (Å²) in [6, 6.07) is 0. The number of carboxylic acids is 1. The van der Waals surface area contributed by atoms with Crippen molar-refractivity contribution in [3.8, 4) is 0 Å². The van der Waals surface area contributed by atoms with Gasteiger partial charge in [-0.3, -0.25) is 14.7 Å². The summed E-state index contributed by atoms with van der Waals surface area (Å²) in [5.74, 6) is -1.54. The van der Waals surface area contributed by atoms with Gasteiger partial charge in [0.2, 0.25) is 5.91 Å². The van der Waals surface area contributed by atoms with Crippen molar-refractivity contribution in [3.63, 3.8) is 0 Å². The number of amides is 1. The molecule has 2 heterocycles. The molecule has 1 saturated heterocycles. The van der Waals surface area contributed by atoms with Gasteiger partial charge in [0, 0.05) is 18.7 Å². The van der Waals surface area contributed by atoms with Crippen molar-refractivity contribution >= 4 is 11.9 Å². The van der Waals surface area contributed by atoms with Crippen LogP contribution >= 0.6 is 0 Å². The molecule has 0 bridgehead atoms. The lowest BCUT2D eigenvalue weighted by Gasteiger charge is -2.14. The van der Waals surface area contributed by atoms with Gasteiger partial charge in [0.25, 0.3) is 0 Å². The normalized spacial score (nSPS) is 22.6. The quantitative estimate of drug-likeness (QED) is 0.808. The average molecular weight is 249 g/mol. The van der Waals surface area contributed by atoms with Crippen LogP contribution in [0.3, 0.4) is 0 Å². The smallest absolute Gasteiger partial charge is 0.308 e. The first-order valence-electron chi connectivity index (χ1n) is 6.20. The summed E-state index contributed by atoms with van der Waals surface area (Å²) >= 11 is 0. The molecular formula is C12H15N3O3. The van der Waals surface area contributed by atoms with E-state index in [4.69, 9.17) is 5.11 Å². The minimum Gasteiger partial charge on any atom is -0.481 e. The van der Waals surface area contributed by atoms with E-state index in [1.165, 1.54) is 11.3 Å². The van der Waals surface area contributed by atoms with Crippen molar-refractivity contribution in [3.05, 3.63) is 17.0 Å². The van der Waals surface area contributed by atoms with Gasteiger partial charge in [0.05, 0.1) is 18.2 Å². The third kappa shape index (κ3) is 1.77. The predicted molar refractivity (Wildman–Crippen MR) is 61.8 cm³/mol. The number of rotatable bonds is 3. The fourth-order valence-electron chi connectivity index (χ4n) is 2.79. The van der Waals surface area contributed by atoms with Crippen molar-refractivity contribution in [2.75, 3.05) is 6.54 Å². The lowest BCUT2D eigenvalue weighted by atomic mass is 10.1. The Morgan fingerprint density at radius 3 is 3.06 bits per heavy atom. The molecule has 0 spiro atoms. The number of likely N-dealkylation sites (tertiary alicyclic amines) is 1. The highest BCUT2D eigenvalue weighted by molar-refractivity contribution is 5.86. The van der Waals surface area contributed by atoms with Crippen LogP contribution in [-0.4, -0.2) is 38.6 Å². The summed E-state index contributed by atoms with van der Waals surface area (Å²) in [5.41, 5.74) is 3.30. The lowest BCUT2D eigenvalue weighted by Crippen LogP contribution is -2.26. The number of hydrogen-bond acceptors (Lipinski definition) is 3. The monoisotopic (exact) mass is 249 g/mol. The fourth-order valence-corrected chi connectivity index (χ4v) is 2.79. The highest BCUT2D eigenvalue weighted by atomic mass is 16.4. The van der Waals surface area contributed by atoms with Gasteiger partial charge in [-0.05, 0) is 24.8 Å². The summed E-state index contributed by atoms with van der Waals surface area (Å²) in [4.78, 5) is 24.2. The first-order chi connectivity index (χ1) is 8.65. The standard InChI is InChI=1S/C12H15N3O3/c16-11-4-7(12(17)18)5-15(11)6-10-8-2-1-3-9(8)13-14-10/h7H,1-6H2,(H,13,14)(H,17,18)/t7-/m0/s1. The largest absolute Gasteiger partial charge is 0.481 e. The van der Waals surface area contributed by atoms with E-state index in [0.717, 1.165) is 25.0 Å². The first kappa shape index (κ1) is 11.3. The topological polar surface area (TPSA) is 86.3 Å². The molecule has 3 rings (SSSR count).